The van der Waals surface area contributed by atoms with Crippen LogP contribution in [0.5, 0.6) is 17.2 Å². The Bertz CT molecular complexity index is 740. The second-order valence-corrected chi connectivity index (χ2v) is 6.76. The molecule has 0 saturated heterocycles. The molecule has 0 unspecified atom stereocenters. The van der Waals surface area contributed by atoms with Gasteiger partial charge in [0.1, 0.15) is 0 Å². The van der Waals surface area contributed by atoms with Crippen molar-refractivity contribution >= 4 is 17.7 Å². The number of hydrogen-bond donors (Lipinski definition) is 1. The molecule has 0 aliphatic carbocycles. The summed E-state index contributed by atoms with van der Waals surface area (Å²) in [5.74, 6) is 1.91. The van der Waals surface area contributed by atoms with Crippen LogP contribution in [0.25, 0.3) is 11.5 Å². The molecule has 2 rings (SSSR count). The maximum atomic E-state index is 11.9. The van der Waals surface area contributed by atoms with Crippen molar-refractivity contribution in [2.24, 2.45) is 0 Å². The first-order valence-corrected chi connectivity index (χ1v) is 9.56. The van der Waals surface area contributed by atoms with E-state index in [0.29, 0.717) is 33.9 Å². The fourth-order valence-corrected chi connectivity index (χ4v) is 3.11. The molecule has 1 aromatic heterocycles. The van der Waals surface area contributed by atoms with Gasteiger partial charge in [-0.2, -0.15) is 0 Å². The number of thioether (sulfide) groups is 1. The van der Waals surface area contributed by atoms with Gasteiger partial charge in [0.05, 0.1) is 27.1 Å². The van der Waals surface area contributed by atoms with E-state index in [2.05, 4.69) is 22.4 Å². The van der Waals surface area contributed by atoms with Crippen molar-refractivity contribution in [1.82, 2.24) is 15.5 Å². The number of carbonyl (C=O) groups excluding carboxylic acids is 1. The summed E-state index contributed by atoms with van der Waals surface area (Å²) in [6.45, 7) is 4.07. The Morgan fingerprint density at radius 2 is 1.85 bits per heavy atom. The summed E-state index contributed by atoms with van der Waals surface area (Å²) in [4.78, 5) is 11.9. The lowest BCUT2D eigenvalue weighted by Gasteiger charge is -2.12. The molecule has 148 valence electrons. The van der Waals surface area contributed by atoms with Crippen molar-refractivity contribution in [3.05, 3.63) is 12.1 Å². The highest BCUT2D eigenvalue weighted by atomic mass is 32.2. The van der Waals surface area contributed by atoms with E-state index in [0.717, 1.165) is 12.8 Å². The largest absolute Gasteiger partial charge is 0.493 e. The van der Waals surface area contributed by atoms with Gasteiger partial charge in [-0.15, -0.1) is 10.2 Å². The Hall–Kier alpha value is -2.42. The van der Waals surface area contributed by atoms with Gasteiger partial charge >= 0.3 is 0 Å². The average Bonchev–Trinajstić information content (AvgIpc) is 3.14. The maximum Gasteiger partial charge on any atom is 0.277 e. The number of amides is 1. The normalized spacial score (nSPS) is 11.7. The number of carbonyl (C=O) groups is 1. The third-order valence-corrected chi connectivity index (χ3v) is 4.59. The van der Waals surface area contributed by atoms with E-state index in [4.69, 9.17) is 18.6 Å². The number of nitrogens with one attached hydrogen (secondary N) is 1. The maximum absolute atomic E-state index is 11.9. The van der Waals surface area contributed by atoms with Crippen molar-refractivity contribution < 1.29 is 23.4 Å². The van der Waals surface area contributed by atoms with Gasteiger partial charge in [-0.3, -0.25) is 4.79 Å². The summed E-state index contributed by atoms with van der Waals surface area (Å²) in [5.41, 5.74) is 0.630. The number of ether oxygens (including phenoxy) is 3. The van der Waals surface area contributed by atoms with Crippen molar-refractivity contribution in [1.29, 1.82) is 0 Å². The van der Waals surface area contributed by atoms with Crippen LogP contribution in [-0.2, 0) is 4.79 Å². The van der Waals surface area contributed by atoms with Crippen LogP contribution in [0.3, 0.4) is 0 Å². The minimum Gasteiger partial charge on any atom is -0.493 e. The number of benzene rings is 1. The third kappa shape index (κ3) is 5.53. The second kappa shape index (κ2) is 10.1. The minimum absolute atomic E-state index is 0.0616. The zero-order valence-corrected chi connectivity index (χ0v) is 17.0. The SMILES string of the molecule is CCC[C@@H](C)NC(=O)CSc1nnc(-c2cc(OC)c(OC)c(OC)c2)o1. The lowest BCUT2D eigenvalue weighted by atomic mass is 10.2. The molecule has 27 heavy (non-hydrogen) atoms. The van der Waals surface area contributed by atoms with Crippen LogP contribution < -0.4 is 19.5 Å². The standard InChI is InChI=1S/C18H25N3O5S/c1-6-7-11(2)19-15(22)10-27-18-21-20-17(26-18)12-8-13(23-3)16(25-5)14(9-12)24-4/h8-9,11H,6-7,10H2,1-5H3,(H,19,22)/t11-/m1/s1. The molecule has 1 N–H and O–H groups in total. The molecule has 0 radical (unpaired) electrons. The van der Waals surface area contributed by atoms with Crippen molar-refractivity contribution in [3.63, 3.8) is 0 Å². The molecule has 0 spiro atoms. The molecule has 1 heterocycles. The van der Waals surface area contributed by atoms with Crippen LogP contribution in [0.15, 0.2) is 21.8 Å². The lowest BCUT2D eigenvalue weighted by molar-refractivity contribution is -0.119. The van der Waals surface area contributed by atoms with Gasteiger partial charge in [-0.25, -0.2) is 0 Å². The molecule has 0 bridgehead atoms. The van der Waals surface area contributed by atoms with Crippen LogP contribution in [0, 0.1) is 0 Å². The Morgan fingerprint density at radius 1 is 1.19 bits per heavy atom. The number of nitrogens with zero attached hydrogens (tertiary/aromatic N) is 2. The summed E-state index contributed by atoms with van der Waals surface area (Å²) < 4.78 is 21.6. The highest BCUT2D eigenvalue weighted by molar-refractivity contribution is 7.99. The first-order chi connectivity index (χ1) is 13.0. The van der Waals surface area contributed by atoms with E-state index in [1.54, 1.807) is 12.1 Å². The molecule has 1 aromatic carbocycles. The van der Waals surface area contributed by atoms with Gasteiger partial charge in [0.2, 0.25) is 17.5 Å². The molecular weight excluding hydrogens is 370 g/mol. The highest BCUT2D eigenvalue weighted by Crippen LogP contribution is 2.41. The van der Waals surface area contributed by atoms with Gasteiger partial charge in [-0.1, -0.05) is 25.1 Å². The highest BCUT2D eigenvalue weighted by Gasteiger charge is 2.18. The zero-order valence-electron chi connectivity index (χ0n) is 16.2. The van der Waals surface area contributed by atoms with Gasteiger partial charge in [-0.05, 0) is 25.5 Å². The number of rotatable bonds is 10. The third-order valence-electron chi connectivity index (χ3n) is 3.77. The van der Waals surface area contributed by atoms with Crippen LogP contribution in [0.1, 0.15) is 26.7 Å². The number of methoxy groups -OCH3 is 3. The topological polar surface area (TPSA) is 95.7 Å². The molecule has 8 nitrogen and oxygen atoms in total. The van der Waals surface area contributed by atoms with Crippen LogP contribution >= 0.6 is 11.8 Å². The molecule has 0 aliphatic heterocycles. The second-order valence-electron chi connectivity index (χ2n) is 5.83. The van der Waals surface area contributed by atoms with Crippen molar-refractivity contribution in [2.45, 2.75) is 38.0 Å². The molecule has 2 aromatic rings. The van der Waals surface area contributed by atoms with E-state index in [1.807, 2.05) is 6.92 Å². The van der Waals surface area contributed by atoms with E-state index >= 15 is 0 Å². The first kappa shape index (κ1) is 20.9. The van der Waals surface area contributed by atoms with E-state index in [1.165, 1.54) is 33.1 Å². The van der Waals surface area contributed by atoms with Gasteiger partial charge in [0.15, 0.2) is 11.5 Å². The monoisotopic (exact) mass is 395 g/mol. The lowest BCUT2D eigenvalue weighted by Crippen LogP contribution is -2.33. The van der Waals surface area contributed by atoms with Crippen LogP contribution in [0.2, 0.25) is 0 Å². The molecule has 9 heteroatoms. The number of aromatic nitrogens is 2. The van der Waals surface area contributed by atoms with Gasteiger partial charge in [0.25, 0.3) is 5.22 Å². The molecule has 1 amide bonds. The van der Waals surface area contributed by atoms with E-state index in [9.17, 15) is 4.79 Å². The molecular formula is C18H25N3O5S. The summed E-state index contributed by atoms with van der Waals surface area (Å²) in [7, 11) is 4.61. The average molecular weight is 395 g/mol. The first-order valence-electron chi connectivity index (χ1n) is 8.58. The molecule has 0 saturated carbocycles. The Kier molecular flexibility index (Phi) is 7.78. The Balaban J connectivity index is 2.08. The van der Waals surface area contributed by atoms with Crippen LogP contribution in [-0.4, -0.2) is 49.2 Å². The van der Waals surface area contributed by atoms with Crippen molar-refractivity contribution in [3.8, 4) is 28.7 Å². The summed E-state index contributed by atoms with van der Waals surface area (Å²) in [6.07, 6.45) is 1.97. The summed E-state index contributed by atoms with van der Waals surface area (Å²) in [6, 6.07) is 3.60. The fourth-order valence-electron chi connectivity index (χ4n) is 2.54. The smallest absolute Gasteiger partial charge is 0.277 e. The van der Waals surface area contributed by atoms with E-state index in [-0.39, 0.29) is 17.7 Å². The summed E-state index contributed by atoms with van der Waals surface area (Å²) >= 11 is 1.19. The predicted molar refractivity (Wildman–Crippen MR) is 103 cm³/mol. The quantitative estimate of drug-likeness (QED) is 0.613. The molecule has 0 aliphatic rings. The fraction of sp³-hybridized carbons (Fsp3) is 0.500. The summed E-state index contributed by atoms with van der Waals surface area (Å²) in [5, 5.41) is 11.3. The van der Waals surface area contributed by atoms with Gasteiger partial charge in [0, 0.05) is 11.6 Å². The van der Waals surface area contributed by atoms with Gasteiger partial charge < -0.3 is 23.9 Å². The number of hydrogen-bond acceptors (Lipinski definition) is 8. The zero-order chi connectivity index (χ0) is 19.8. The van der Waals surface area contributed by atoms with Crippen molar-refractivity contribution in [2.75, 3.05) is 27.1 Å². The minimum atomic E-state index is -0.0616. The van der Waals surface area contributed by atoms with E-state index < -0.39 is 0 Å². The molecule has 0 fully saturated rings. The molecule has 1 atom stereocenters. The van der Waals surface area contributed by atoms with Crippen LogP contribution in [0.4, 0.5) is 0 Å². The predicted octanol–water partition coefficient (Wildman–Crippen LogP) is 3.16. The Morgan fingerprint density at radius 3 is 2.41 bits per heavy atom. The Labute approximate surface area is 163 Å².